The molecule has 0 radical (unpaired) electrons. The van der Waals surface area contributed by atoms with E-state index in [-0.39, 0.29) is 23.2 Å². The number of alkyl halides is 6. The van der Waals surface area contributed by atoms with Crippen LogP contribution in [0.25, 0.3) is 0 Å². The topological polar surface area (TPSA) is 52.6 Å². The largest absolute Gasteiger partial charge is 0.490 e. The van der Waals surface area contributed by atoms with Crippen molar-refractivity contribution in [2.75, 3.05) is 0 Å². The van der Waals surface area contributed by atoms with Crippen molar-refractivity contribution in [1.82, 2.24) is 0 Å². The Kier molecular flexibility index (Phi) is 6.00. The van der Waals surface area contributed by atoms with Crippen molar-refractivity contribution in [2.24, 2.45) is 34.5 Å². The van der Waals surface area contributed by atoms with Gasteiger partial charge >= 0.3 is 24.3 Å². The predicted molar refractivity (Wildman–Crippen MR) is 104 cm³/mol. The summed E-state index contributed by atoms with van der Waals surface area (Å²) < 4.78 is 85.8. The highest BCUT2D eigenvalue weighted by Crippen LogP contribution is 2.66. The fraction of sp³-hybridized carbons (Fsp3) is 0.913. The molecule has 4 aliphatic rings. The molecule has 0 aliphatic heterocycles. The van der Waals surface area contributed by atoms with E-state index in [9.17, 15) is 35.9 Å². The van der Waals surface area contributed by atoms with Crippen molar-refractivity contribution < 1.29 is 45.4 Å². The molecular formula is C23H30F6O4. The Morgan fingerprint density at radius 2 is 1.30 bits per heavy atom. The first kappa shape index (κ1) is 24.6. The lowest BCUT2D eigenvalue weighted by Crippen LogP contribution is -2.55. The van der Waals surface area contributed by atoms with Gasteiger partial charge < -0.3 is 9.47 Å². The number of carbonyl (C=O) groups excluding carboxylic acids is 2. The highest BCUT2D eigenvalue weighted by Gasteiger charge is 2.62. The summed E-state index contributed by atoms with van der Waals surface area (Å²) in [6.45, 7) is 4.12. The average molecular weight is 484 g/mol. The summed E-state index contributed by atoms with van der Waals surface area (Å²) >= 11 is 0. The highest BCUT2D eigenvalue weighted by molar-refractivity contribution is 5.76. The van der Waals surface area contributed by atoms with Crippen LogP contribution in [-0.2, 0) is 19.1 Å². The monoisotopic (exact) mass is 484 g/mol. The molecule has 0 aromatic carbocycles. The third kappa shape index (κ3) is 4.24. The molecule has 4 aliphatic carbocycles. The maximum atomic E-state index is 12.8. The smallest absolute Gasteiger partial charge is 0.456 e. The van der Waals surface area contributed by atoms with Gasteiger partial charge in [-0.3, -0.25) is 0 Å². The molecule has 0 bridgehead atoms. The fourth-order valence-corrected chi connectivity index (χ4v) is 7.89. The molecule has 4 saturated carbocycles. The zero-order valence-corrected chi connectivity index (χ0v) is 18.7. The molecule has 10 heteroatoms. The Morgan fingerprint density at radius 1 is 0.727 bits per heavy atom. The number of rotatable bonds is 2. The molecule has 0 N–H and O–H groups in total. The second kappa shape index (κ2) is 8.04. The van der Waals surface area contributed by atoms with Crippen molar-refractivity contribution in [3.8, 4) is 0 Å². The fourth-order valence-electron chi connectivity index (χ4n) is 7.89. The molecule has 4 fully saturated rings. The first-order valence-corrected chi connectivity index (χ1v) is 11.7. The first-order chi connectivity index (χ1) is 15.2. The second-order valence-corrected chi connectivity index (χ2v) is 11.0. The van der Waals surface area contributed by atoms with E-state index in [1.54, 1.807) is 0 Å². The normalized spacial score (nSPS) is 43.2. The summed E-state index contributed by atoms with van der Waals surface area (Å²) in [5.41, 5.74) is -0.600. The quantitative estimate of drug-likeness (QED) is 0.358. The zero-order chi connectivity index (χ0) is 24.4. The van der Waals surface area contributed by atoms with Crippen LogP contribution in [0.4, 0.5) is 26.3 Å². The van der Waals surface area contributed by atoms with Crippen molar-refractivity contribution in [1.29, 1.82) is 0 Å². The van der Waals surface area contributed by atoms with Gasteiger partial charge in [0.2, 0.25) is 0 Å². The first-order valence-electron chi connectivity index (χ1n) is 11.7. The number of hydrogen-bond acceptors (Lipinski definition) is 4. The van der Waals surface area contributed by atoms with Gasteiger partial charge in [0.25, 0.3) is 0 Å². The minimum Gasteiger partial charge on any atom is -0.456 e. The Labute approximate surface area is 188 Å². The molecule has 0 aromatic heterocycles. The van der Waals surface area contributed by atoms with Gasteiger partial charge in [-0.2, -0.15) is 26.3 Å². The molecule has 3 unspecified atom stereocenters. The second-order valence-electron chi connectivity index (χ2n) is 11.0. The number of halogens is 6. The third-order valence-electron chi connectivity index (χ3n) is 9.52. The summed E-state index contributed by atoms with van der Waals surface area (Å²) in [5.74, 6) is -3.37. The Balaban J connectivity index is 1.45. The van der Waals surface area contributed by atoms with Crippen molar-refractivity contribution >= 4 is 11.9 Å². The SMILES string of the molecule is C[C@]12CCC(OC(=O)C(F)(F)F)CC1CC[C@@H]1[C@H]2CC[C@]2(C)C(OC(=O)C(F)(F)F)CC[C@@H]12. The zero-order valence-electron chi connectivity index (χ0n) is 18.7. The number of fused-ring (bicyclic) bond motifs is 5. The van der Waals surface area contributed by atoms with Crippen LogP contribution in [0.5, 0.6) is 0 Å². The van der Waals surface area contributed by atoms with Gasteiger partial charge in [0.15, 0.2) is 0 Å². The molecule has 0 spiro atoms. The molecule has 0 aromatic rings. The molecule has 8 atom stereocenters. The van der Waals surface area contributed by atoms with Gasteiger partial charge in [0.1, 0.15) is 12.2 Å². The summed E-state index contributed by atoms with van der Waals surface area (Å²) in [6, 6.07) is 0. The van der Waals surface area contributed by atoms with Crippen LogP contribution < -0.4 is 0 Å². The number of esters is 2. The Bertz CT molecular complexity index is 795. The van der Waals surface area contributed by atoms with Gasteiger partial charge in [-0.15, -0.1) is 0 Å². The minimum atomic E-state index is -5.01. The third-order valence-corrected chi connectivity index (χ3v) is 9.52. The van der Waals surface area contributed by atoms with E-state index in [1.165, 1.54) is 0 Å². The van der Waals surface area contributed by atoms with Crippen LogP contribution in [0.15, 0.2) is 0 Å². The van der Waals surface area contributed by atoms with Gasteiger partial charge in [0, 0.05) is 5.41 Å². The maximum absolute atomic E-state index is 12.8. The van der Waals surface area contributed by atoms with Crippen LogP contribution in [0.3, 0.4) is 0 Å². The van der Waals surface area contributed by atoms with Gasteiger partial charge in [-0.05, 0) is 86.9 Å². The Morgan fingerprint density at radius 3 is 1.94 bits per heavy atom. The summed E-state index contributed by atoms with van der Waals surface area (Å²) in [5, 5.41) is 0. The molecule has 33 heavy (non-hydrogen) atoms. The van der Waals surface area contributed by atoms with Gasteiger partial charge in [-0.1, -0.05) is 13.8 Å². The molecule has 0 heterocycles. The van der Waals surface area contributed by atoms with E-state index in [0.717, 1.165) is 19.3 Å². The highest BCUT2D eigenvalue weighted by atomic mass is 19.4. The molecule has 188 valence electrons. The molecular weight excluding hydrogens is 454 g/mol. The van der Waals surface area contributed by atoms with E-state index in [4.69, 9.17) is 9.47 Å². The minimum absolute atomic E-state index is 0.105. The van der Waals surface area contributed by atoms with E-state index in [2.05, 4.69) is 6.92 Å². The predicted octanol–water partition coefficient (Wildman–Crippen LogP) is 5.98. The van der Waals surface area contributed by atoms with Gasteiger partial charge in [-0.25, -0.2) is 9.59 Å². The molecule has 4 nitrogen and oxygen atoms in total. The Hall–Kier alpha value is -1.48. The molecule has 0 saturated heterocycles. The molecule has 4 rings (SSSR count). The van der Waals surface area contributed by atoms with Gasteiger partial charge in [0.05, 0.1) is 0 Å². The van der Waals surface area contributed by atoms with Crippen molar-refractivity contribution in [3.63, 3.8) is 0 Å². The lowest BCUT2D eigenvalue weighted by atomic mass is 9.45. The standard InChI is InChI=1S/C23H30F6O4/c1-20-9-7-13(32-18(30)22(24,25)26)11-12(20)3-4-14-15-5-6-17(33-19(31)23(27,28)29)21(15,2)10-8-16(14)20/h12-17H,3-11H2,1-2H3/t12?,13?,14-,15-,16+,17?,20-,21-/m0/s1. The van der Waals surface area contributed by atoms with E-state index in [0.29, 0.717) is 44.4 Å². The van der Waals surface area contributed by atoms with Crippen LogP contribution in [-0.4, -0.2) is 36.5 Å². The number of ether oxygens (including phenoxy) is 2. The van der Waals surface area contributed by atoms with Crippen LogP contribution in [0.1, 0.15) is 71.6 Å². The van der Waals surface area contributed by atoms with E-state index < -0.39 is 41.9 Å². The average Bonchev–Trinajstić information content (AvgIpc) is 3.03. The number of hydrogen-bond donors (Lipinski definition) is 0. The van der Waals surface area contributed by atoms with Crippen molar-refractivity contribution in [3.05, 3.63) is 0 Å². The maximum Gasteiger partial charge on any atom is 0.490 e. The van der Waals surface area contributed by atoms with Crippen LogP contribution >= 0.6 is 0 Å². The lowest BCUT2D eigenvalue weighted by molar-refractivity contribution is -0.215. The van der Waals surface area contributed by atoms with Crippen molar-refractivity contribution in [2.45, 2.75) is 96.2 Å². The van der Waals surface area contributed by atoms with Crippen LogP contribution in [0.2, 0.25) is 0 Å². The number of carbonyl (C=O) groups is 2. The van der Waals surface area contributed by atoms with Crippen LogP contribution in [0, 0.1) is 34.5 Å². The summed E-state index contributed by atoms with van der Waals surface area (Å²) in [4.78, 5) is 22.8. The summed E-state index contributed by atoms with van der Waals surface area (Å²) in [7, 11) is 0. The van der Waals surface area contributed by atoms with E-state index in [1.807, 2.05) is 6.92 Å². The van der Waals surface area contributed by atoms with E-state index >= 15 is 0 Å². The molecule has 0 amide bonds. The summed E-state index contributed by atoms with van der Waals surface area (Å²) in [6.07, 6.45) is -5.84. The lowest BCUT2D eigenvalue weighted by Gasteiger charge is -2.60.